The molecule has 1 saturated heterocycles. The van der Waals surface area contributed by atoms with Crippen LogP contribution >= 0.6 is 11.8 Å². The second kappa shape index (κ2) is 7.40. The van der Waals surface area contributed by atoms with E-state index in [1.165, 1.54) is 23.4 Å². The third-order valence-electron chi connectivity index (χ3n) is 4.66. The summed E-state index contributed by atoms with van der Waals surface area (Å²) in [6, 6.07) is 8.52. The molecule has 1 atom stereocenters. The van der Waals surface area contributed by atoms with Gasteiger partial charge >= 0.3 is 0 Å². The van der Waals surface area contributed by atoms with Gasteiger partial charge in [0.15, 0.2) is 0 Å². The van der Waals surface area contributed by atoms with E-state index in [4.69, 9.17) is 0 Å². The molecule has 120 valence electrons. The molecule has 1 aromatic carbocycles. The van der Waals surface area contributed by atoms with E-state index in [1.807, 2.05) is 11.8 Å². The van der Waals surface area contributed by atoms with Gasteiger partial charge in [-0.2, -0.15) is 0 Å². The summed E-state index contributed by atoms with van der Waals surface area (Å²) in [5.74, 6) is 0.304. The summed E-state index contributed by atoms with van der Waals surface area (Å²) in [4.78, 5) is 18.4. The molecule has 0 aliphatic carbocycles. The van der Waals surface area contributed by atoms with Crippen LogP contribution < -0.4 is 4.90 Å². The molecule has 2 heterocycles. The van der Waals surface area contributed by atoms with Crippen molar-refractivity contribution in [2.75, 3.05) is 31.1 Å². The van der Waals surface area contributed by atoms with E-state index in [9.17, 15) is 4.79 Å². The molecule has 0 bridgehead atoms. The standard InChI is InChI=1S/C18H26N2OS/c1-2-15-13-20(16-9-5-6-10-17(16)22-15)14-18(21)19-11-7-3-4-8-12-19/h5-6,9-10,15H,2-4,7-8,11-14H2,1H3/t15-/m1/s1. The van der Waals surface area contributed by atoms with E-state index >= 15 is 0 Å². The molecule has 0 unspecified atom stereocenters. The Morgan fingerprint density at radius 2 is 1.91 bits per heavy atom. The SMILES string of the molecule is CC[C@@H]1CN(CC(=O)N2CCCCCC2)c2ccccc2S1. The third kappa shape index (κ3) is 3.60. The van der Waals surface area contributed by atoms with Crippen LogP contribution in [-0.4, -0.2) is 42.2 Å². The molecule has 1 amide bonds. The highest BCUT2D eigenvalue weighted by molar-refractivity contribution is 8.00. The maximum atomic E-state index is 12.7. The second-order valence-electron chi connectivity index (χ2n) is 6.29. The first-order valence-corrected chi connectivity index (χ1v) is 9.44. The smallest absolute Gasteiger partial charge is 0.242 e. The number of thioether (sulfide) groups is 1. The Morgan fingerprint density at radius 1 is 1.18 bits per heavy atom. The van der Waals surface area contributed by atoms with E-state index in [0.717, 1.165) is 38.9 Å². The van der Waals surface area contributed by atoms with Gasteiger partial charge < -0.3 is 9.80 Å². The first-order chi connectivity index (χ1) is 10.8. The van der Waals surface area contributed by atoms with Gasteiger partial charge in [-0.05, 0) is 31.4 Å². The van der Waals surface area contributed by atoms with Gasteiger partial charge in [-0.3, -0.25) is 4.79 Å². The molecule has 2 aliphatic heterocycles. The predicted molar refractivity (Wildman–Crippen MR) is 93.6 cm³/mol. The Hall–Kier alpha value is -1.16. The number of likely N-dealkylation sites (tertiary alicyclic amines) is 1. The summed E-state index contributed by atoms with van der Waals surface area (Å²) in [5, 5.41) is 0.590. The fraction of sp³-hybridized carbons (Fsp3) is 0.611. The highest BCUT2D eigenvalue weighted by Gasteiger charge is 2.26. The number of amides is 1. The summed E-state index contributed by atoms with van der Waals surface area (Å²) in [5.41, 5.74) is 1.24. The second-order valence-corrected chi connectivity index (χ2v) is 7.63. The van der Waals surface area contributed by atoms with Crippen LogP contribution in [0.3, 0.4) is 0 Å². The number of hydrogen-bond acceptors (Lipinski definition) is 3. The molecular weight excluding hydrogens is 292 g/mol. The summed E-state index contributed by atoms with van der Waals surface area (Å²) in [6.07, 6.45) is 6.01. The van der Waals surface area contributed by atoms with Gasteiger partial charge in [0.25, 0.3) is 0 Å². The number of benzene rings is 1. The van der Waals surface area contributed by atoms with Crippen molar-refractivity contribution in [3.8, 4) is 0 Å². The van der Waals surface area contributed by atoms with Gasteiger partial charge in [-0.15, -0.1) is 11.8 Å². The highest BCUT2D eigenvalue weighted by atomic mass is 32.2. The first kappa shape index (κ1) is 15.7. The zero-order chi connectivity index (χ0) is 15.4. The van der Waals surface area contributed by atoms with Crippen molar-refractivity contribution < 1.29 is 4.79 Å². The number of carbonyl (C=O) groups is 1. The molecule has 0 saturated carbocycles. The number of anilines is 1. The minimum Gasteiger partial charge on any atom is -0.360 e. The van der Waals surface area contributed by atoms with E-state index < -0.39 is 0 Å². The Bertz CT molecular complexity index is 512. The molecule has 0 radical (unpaired) electrons. The molecule has 4 heteroatoms. The van der Waals surface area contributed by atoms with Crippen LogP contribution in [0.5, 0.6) is 0 Å². The van der Waals surface area contributed by atoms with Gasteiger partial charge in [0.2, 0.25) is 5.91 Å². The molecule has 2 aliphatic rings. The number of carbonyl (C=O) groups excluding carboxylic acids is 1. The Balaban J connectivity index is 1.71. The largest absolute Gasteiger partial charge is 0.360 e. The van der Waals surface area contributed by atoms with Crippen molar-refractivity contribution in [3.05, 3.63) is 24.3 Å². The predicted octanol–water partition coefficient (Wildman–Crippen LogP) is 3.78. The van der Waals surface area contributed by atoms with Crippen molar-refractivity contribution in [2.24, 2.45) is 0 Å². The summed E-state index contributed by atoms with van der Waals surface area (Å²) >= 11 is 1.96. The molecule has 22 heavy (non-hydrogen) atoms. The van der Waals surface area contributed by atoms with Crippen molar-refractivity contribution >= 4 is 23.4 Å². The van der Waals surface area contributed by atoms with Crippen LogP contribution in [0.2, 0.25) is 0 Å². The fourth-order valence-electron chi connectivity index (χ4n) is 3.32. The number of rotatable bonds is 3. The van der Waals surface area contributed by atoms with Crippen molar-refractivity contribution in [1.82, 2.24) is 4.90 Å². The van der Waals surface area contributed by atoms with Crippen molar-refractivity contribution in [1.29, 1.82) is 0 Å². The Morgan fingerprint density at radius 3 is 2.64 bits per heavy atom. The minimum atomic E-state index is 0.304. The van der Waals surface area contributed by atoms with Gasteiger partial charge in [0.1, 0.15) is 0 Å². The maximum absolute atomic E-state index is 12.7. The van der Waals surface area contributed by atoms with Crippen LogP contribution in [0.25, 0.3) is 0 Å². The van der Waals surface area contributed by atoms with Crippen molar-refractivity contribution in [2.45, 2.75) is 49.2 Å². The lowest BCUT2D eigenvalue weighted by Gasteiger charge is -2.36. The highest BCUT2D eigenvalue weighted by Crippen LogP contribution is 2.39. The summed E-state index contributed by atoms with van der Waals surface area (Å²) < 4.78 is 0. The van der Waals surface area contributed by atoms with Crippen LogP contribution in [-0.2, 0) is 4.79 Å². The monoisotopic (exact) mass is 318 g/mol. The number of nitrogens with zero attached hydrogens (tertiary/aromatic N) is 2. The quantitative estimate of drug-likeness (QED) is 0.847. The van der Waals surface area contributed by atoms with E-state index in [-0.39, 0.29) is 0 Å². The topological polar surface area (TPSA) is 23.6 Å². The van der Waals surface area contributed by atoms with E-state index in [1.54, 1.807) is 0 Å². The van der Waals surface area contributed by atoms with Gasteiger partial charge in [0.05, 0.1) is 12.2 Å². The molecule has 1 aromatic rings. The van der Waals surface area contributed by atoms with Crippen LogP contribution in [0.4, 0.5) is 5.69 Å². The van der Waals surface area contributed by atoms with Crippen LogP contribution in [0, 0.1) is 0 Å². The number of para-hydroxylation sites is 1. The zero-order valence-electron chi connectivity index (χ0n) is 13.5. The normalized spacial score (nSPS) is 22.1. The Kier molecular flexibility index (Phi) is 5.29. The lowest BCUT2D eigenvalue weighted by molar-refractivity contribution is -0.129. The average Bonchev–Trinajstić information content (AvgIpc) is 2.84. The summed E-state index contributed by atoms with van der Waals surface area (Å²) in [7, 11) is 0. The molecule has 0 aromatic heterocycles. The minimum absolute atomic E-state index is 0.304. The third-order valence-corrected chi connectivity index (χ3v) is 6.08. The van der Waals surface area contributed by atoms with Gasteiger partial charge in [-0.25, -0.2) is 0 Å². The van der Waals surface area contributed by atoms with Crippen LogP contribution in [0.1, 0.15) is 39.0 Å². The number of hydrogen-bond donors (Lipinski definition) is 0. The molecular formula is C18H26N2OS. The van der Waals surface area contributed by atoms with Gasteiger partial charge in [-0.1, -0.05) is 31.9 Å². The molecule has 3 nitrogen and oxygen atoms in total. The lowest BCUT2D eigenvalue weighted by atomic mass is 10.2. The van der Waals surface area contributed by atoms with E-state index in [2.05, 4.69) is 41.0 Å². The molecule has 3 rings (SSSR count). The fourth-order valence-corrected chi connectivity index (χ4v) is 4.58. The summed E-state index contributed by atoms with van der Waals surface area (Å²) in [6.45, 7) is 5.65. The molecule has 0 spiro atoms. The molecule has 1 fully saturated rings. The van der Waals surface area contributed by atoms with Gasteiger partial charge in [0, 0.05) is 29.8 Å². The maximum Gasteiger partial charge on any atom is 0.242 e. The molecule has 0 N–H and O–H groups in total. The van der Waals surface area contributed by atoms with Crippen LogP contribution in [0.15, 0.2) is 29.2 Å². The number of fused-ring (bicyclic) bond motifs is 1. The lowest BCUT2D eigenvalue weighted by Crippen LogP contribution is -2.44. The van der Waals surface area contributed by atoms with E-state index in [0.29, 0.717) is 17.7 Å². The zero-order valence-corrected chi connectivity index (χ0v) is 14.3. The first-order valence-electron chi connectivity index (χ1n) is 8.56. The Labute approximate surface area is 138 Å². The average molecular weight is 318 g/mol. The van der Waals surface area contributed by atoms with Crippen molar-refractivity contribution in [3.63, 3.8) is 0 Å².